The van der Waals surface area contributed by atoms with Gasteiger partial charge in [0.05, 0.1) is 5.69 Å². The fraction of sp³-hybridized carbons (Fsp3) is 0.522. The van der Waals surface area contributed by atoms with Crippen LogP contribution in [0.25, 0.3) is 5.69 Å². The summed E-state index contributed by atoms with van der Waals surface area (Å²) in [6.45, 7) is 3.65. The number of carbonyl (C=O) groups is 1. The summed E-state index contributed by atoms with van der Waals surface area (Å²) in [6.07, 6.45) is 9.45. The molecule has 0 spiro atoms. The van der Waals surface area contributed by atoms with Crippen LogP contribution in [0.4, 0.5) is 0 Å². The molecule has 1 aromatic carbocycles. The topological polar surface area (TPSA) is 71.0 Å². The molecule has 1 saturated heterocycles. The standard InChI is InChI=1S/C23H28N4O2/c1-15-4-2-3-5-20(15)27-21(24-25-23(27)29)14-16-8-10-26(11-9-16)22(28)19-13-17-6-7-18(19)12-17/h2-7,16-19H,8-14H2,1H3,(H,25,29). The van der Waals surface area contributed by atoms with E-state index in [9.17, 15) is 9.59 Å². The minimum Gasteiger partial charge on any atom is -0.342 e. The molecule has 2 heterocycles. The van der Waals surface area contributed by atoms with Gasteiger partial charge in [0.2, 0.25) is 5.91 Å². The van der Waals surface area contributed by atoms with Gasteiger partial charge in [-0.15, -0.1) is 0 Å². The number of hydrogen-bond acceptors (Lipinski definition) is 3. The molecule has 1 amide bonds. The summed E-state index contributed by atoms with van der Waals surface area (Å²) in [7, 11) is 0. The number of likely N-dealkylation sites (tertiary alicyclic amines) is 1. The van der Waals surface area contributed by atoms with E-state index >= 15 is 0 Å². The molecule has 1 N–H and O–H groups in total. The Morgan fingerprint density at radius 2 is 1.97 bits per heavy atom. The lowest BCUT2D eigenvalue weighted by molar-refractivity contribution is -0.137. The highest BCUT2D eigenvalue weighted by atomic mass is 16.2. The van der Waals surface area contributed by atoms with Crippen LogP contribution in [-0.4, -0.2) is 38.7 Å². The minimum atomic E-state index is -0.189. The predicted octanol–water partition coefficient (Wildman–Crippen LogP) is 2.86. The van der Waals surface area contributed by atoms with E-state index in [1.807, 2.05) is 31.2 Å². The van der Waals surface area contributed by atoms with E-state index in [1.165, 1.54) is 6.42 Å². The van der Waals surface area contributed by atoms with Crippen LogP contribution < -0.4 is 5.69 Å². The molecule has 29 heavy (non-hydrogen) atoms. The second-order valence-electron chi connectivity index (χ2n) is 8.93. The Bertz CT molecular complexity index is 996. The first-order valence-electron chi connectivity index (χ1n) is 10.8. The summed E-state index contributed by atoms with van der Waals surface area (Å²) in [5.41, 5.74) is 1.75. The van der Waals surface area contributed by atoms with E-state index in [-0.39, 0.29) is 11.6 Å². The Morgan fingerprint density at radius 1 is 1.17 bits per heavy atom. The molecule has 1 aromatic heterocycles. The molecule has 152 valence electrons. The molecule has 1 aliphatic heterocycles. The third kappa shape index (κ3) is 3.34. The highest BCUT2D eigenvalue weighted by Gasteiger charge is 2.42. The van der Waals surface area contributed by atoms with Gasteiger partial charge in [-0.2, -0.15) is 5.10 Å². The van der Waals surface area contributed by atoms with Crippen LogP contribution in [0, 0.1) is 30.6 Å². The first kappa shape index (κ1) is 18.4. The van der Waals surface area contributed by atoms with Crippen LogP contribution in [-0.2, 0) is 11.2 Å². The third-order valence-electron chi connectivity index (χ3n) is 7.09. The number of fused-ring (bicyclic) bond motifs is 2. The Labute approximate surface area is 170 Å². The van der Waals surface area contributed by atoms with E-state index in [4.69, 9.17) is 0 Å². The summed E-state index contributed by atoms with van der Waals surface area (Å²) in [4.78, 5) is 27.4. The number of H-pyrrole nitrogens is 1. The number of hydrogen-bond donors (Lipinski definition) is 1. The molecule has 3 unspecified atom stereocenters. The molecule has 2 aliphatic carbocycles. The first-order valence-corrected chi connectivity index (χ1v) is 10.8. The first-order chi connectivity index (χ1) is 14.1. The maximum absolute atomic E-state index is 13.0. The molecule has 5 rings (SSSR count). The van der Waals surface area contributed by atoms with Gasteiger partial charge in [-0.3, -0.25) is 4.79 Å². The fourth-order valence-electron chi connectivity index (χ4n) is 5.44. The number of allylic oxidation sites excluding steroid dienone is 2. The SMILES string of the molecule is Cc1ccccc1-n1c(CC2CCN(C(=O)C3CC4C=CC3C4)CC2)n[nH]c1=O. The summed E-state index contributed by atoms with van der Waals surface area (Å²) >= 11 is 0. The third-order valence-corrected chi connectivity index (χ3v) is 7.09. The number of aryl methyl sites for hydroxylation is 1. The van der Waals surface area contributed by atoms with Gasteiger partial charge >= 0.3 is 5.69 Å². The maximum Gasteiger partial charge on any atom is 0.347 e. The van der Waals surface area contributed by atoms with Crippen LogP contribution in [0.1, 0.15) is 37.1 Å². The molecule has 2 fully saturated rings. The summed E-state index contributed by atoms with van der Waals surface area (Å²) < 4.78 is 1.70. The van der Waals surface area contributed by atoms with Crippen LogP contribution in [0.15, 0.2) is 41.2 Å². The van der Waals surface area contributed by atoms with Crippen LogP contribution in [0.5, 0.6) is 0 Å². The molecule has 3 atom stereocenters. The van der Waals surface area contributed by atoms with Gasteiger partial charge in [0.15, 0.2) is 0 Å². The molecular formula is C23H28N4O2. The minimum absolute atomic E-state index is 0.189. The quantitative estimate of drug-likeness (QED) is 0.814. The van der Waals surface area contributed by atoms with E-state index in [0.29, 0.717) is 23.7 Å². The Morgan fingerprint density at radius 3 is 2.66 bits per heavy atom. The van der Waals surface area contributed by atoms with E-state index in [2.05, 4.69) is 27.2 Å². The number of amides is 1. The molecule has 1 saturated carbocycles. The van der Waals surface area contributed by atoms with Crippen molar-refractivity contribution in [3.63, 3.8) is 0 Å². The van der Waals surface area contributed by atoms with Crippen molar-refractivity contribution in [1.29, 1.82) is 0 Å². The van der Waals surface area contributed by atoms with Crippen molar-refractivity contribution < 1.29 is 4.79 Å². The van der Waals surface area contributed by atoms with Crippen molar-refractivity contribution in [3.05, 3.63) is 58.3 Å². The summed E-state index contributed by atoms with van der Waals surface area (Å²) in [5, 5.41) is 6.93. The normalized spacial score (nSPS) is 26.4. The lowest BCUT2D eigenvalue weighted by atomic mass is 9.89. The van der Waals surface area contributed by atoms with Crippen molar-refractivity contribution in [1.82, 2.24) is 19.7 Å². The van der Waals surface area contributed by atoms with Gasteiger partial charge in [-0.05, 0) is 62.0 Å². The molecular weight excluding hydrogens is 364 g/mol. The van der Waals surface area contributed by atoms with Gasteiger partial charge in [0, 0.05) is 25.4 Å². The largest absolute Gasteiger partial charge is 0.347 e. The van der Waals surface area contributed by atoms with E-state index in [1.54, 1.807) is 4.57 Å². The van der Waals surface area contributed by atoms with E-state index < -0.39 is 0 Å². The lowest BCUT2D eigenvalue weighted by Crippen LogP contribution is -2.43. The average molecular weight is 393 g/mol. The van der Waals surface area contributed by atoms with Gasteiger partial charge in [-0.1, -0.05) is 30.4 Å². The molecule has 0 radical (unpaired) electrons. The molecule has 2 aromatic rings. The zero-order chi connectivity index (χ0) is 20.0. The monoisotopic (exact) mass is 392 g/mol. The number of rotatable bonds is 4. The van der Waals surface area contributed by atoms with Gasteiger partial charge in [0.25, 0.3) is 0 Å². The van der Waals surface area contributed by atoms with Crippen molar-refractivity contribution in [2.75, 3.05) is 13.1 Å². The highest BCUT2D eigenvalue weighted by molar-refractivity contribution is 5.80. The zero-order valence-electron chi connectivity index (χ0n) is 16.9. The van der Waals surface area contributed by atoms with Crippen molar-refractivity contribution in [3.8, 4) is 5.69 Å². The molecule has 6 nitrogen and oxygen atoms in total. The number of nitrogens with zero attached hydrogens (tertiary/aromatic N) is 3. The lowest BCUT2D eigenvalue weighted by Gasteiger charge is -2.34. The maximum atomic E-state index is 13.0. The summed E-state index contributed by atoms with van der Waals surface area (Å²) in [5.74, 6) is 2.89. The fourth-order valence-corrected chi connectivity index (χ4v) is 5.44. The molecule has 2 bridgehead atoms. The number of nitrogens with one attached hydrogen (secondary N) is 1. The van der Waals surface area contributed by atoms with Crippen molar-refractivity contribution in [2.24, 2.45) is 23.7 Å². The van der Waals surface area contributed by atoms with Crippen molar-refractivity contribution in [2.45, 2.75) is 39.0 Å². The Hall–Kier alpha value is -2.63. The second-order valence-corrected chi connectivity index (χ2v) is 8.93. The van der Waals surface area contributed by atoms with Gasteiger partial charge in [-0.25, -0.2) is 14.5 Å². The smallest absolute Gasteiger partial charge is 0.342 e. The van der Waals surface area contributed by atoms with E-state index in [0.717, 1.165) is 55.8 Å². The number of aromatic nitrogens is 3. The van der Waals surface area contributed by atoms with Crippen LogP contribution in [0.3, 0.4) is 0 Å². The predicted molar refractivity (Wildman–Crippen MR) is 111 cm³/mol. The molecule has 3 aliphatic rings. The van der Waals surface area contributed by atoms with Crippen molar-refractivity contribution >= 4 is 5.91 Å². The number of benzene rings is 1. The number of para-hydroxylation sites is 1. The Kier molecular flexibility index (Phi) is 4.64. The second kappa shape index (κ2) is 7.32. The summed E-state index contributed by atoms with van der Waals surface area (Å²) in [6, 6.07) is 7.89. The number of aromatic amines is 1. The van der Waals surface area contributed by atoms with Crippen LogP contribution in [0.2, 0.25) is 0 Å². The van der Waals surface area contributed by atoms with Crippen LogP contribution >= 0.6 is 0 Å². The number of carbonyl (C=O) groups excluding carboxylic acids is 1. The zero-order valence-corrected chi connectivity index (χ0v) is 16.9. The molecule has 6 heteroatoms. The van der Waals surface area contributed by atoms with Gasteiger partial charge < -0.3 is 4.90 Å². The Balaban J connectivity index is 1.24. The average Bonchev–Trinajstić information content (AvgIpc) is 3.45. The highest BCUT2D eigenvalue weighted by Crippen LogP contribution is 2.44. The number of piperidine rings is 1. The van der Waals surface area contributed by atoms with Gasteiger partial charge in [0.1, 0.15) is 5.82 Å².